The number of hydrogen-bond acceptors (Lipinski definition) is 5. The van der Waals surface area contributed by atoms with Gasteiger partial charge in [0.25, 0.3) is 11.8 Å². The summed E-state index contributed by atoms with van der Waals surface area (Å²) >= 11 is 0. The number of aromatic nitrogens is 2. The van der Waals surface area contributed by atoms with Crippen LogP contribution in [-0.2, 0) is 11.3 Å². The summed E-state index contributed by atoms with van der Waals surface area (Å²) in [6, 6.07) is 16.4. The molecule has 0 spiro atoms. The molecule has 0 atom stereocenters. The van der Waals surface area contributed by atoms with E-state index in [1.807, 2.05) is 49.4 Å². The van der Waals surface area contributed by atoms with Crippen molar-refractivity contribution >= 4 is 17.6 Å². The van der Waals surface area contributed by atoms with E-state index in [9.17, 15) is 9.59 Å². The molecule has 4 rings (SSSR count). The third kappa shape index (κ3) is 2.95. The molecule has 3 amide bonds. The maximum Gasteiger partial charge on any atom is 0.332 e. The van der Waals surface area contributed by atoms with Crippen molar-refractivity contribution < 1.29 is 14.1 Å². The van der Waals surface area contributed by atoms with E-state index in [-0.39, 0.29) is 30.9 Å². The van der Waals surface area contributed by atoms with Crippen LogP contribution in [0, 0.1) is 6.92 Å². The second-order valence-electron chi connectivity index (χ2n) is 6.07. The number of rotatable bonds is 4. The topological polar surface area (TPSA) is 79.5 Å². The fraction of sp³-hybridized carbons (Fsp3) is 0.158. The quantitative estimate of drug-likeness (QED) is 0.677. The Kier molecular flexibility index (Phi) is 3.96. The number of benzene rings is 2. The van der Waals surface area contributed by atoms with Crippen LogP contribution in [0.25, 0.3) is 11.5 Å². The molecule has 0 bridgehead atoms. The molecular weight excluding hydrogens is 332 g/mol. The highest BCUT2D eigenvalue weighted by Crippen LogP contribution is 2.23. The van der Waals surface area contributed by atoms with Crippen molar-refractivity contribution in [3.8, 4) is 11.5 Å². The Bertz CT molecular complexity index is 968. The van der Waals surface area contributed by atoms with Gasteiger partial charge in [0, 0.05) is 11.3 Å². The lowest BCUT2D eigenvalue weighted by Crippen LogP contribution is -2.32. The van der Waals surface area contributed by atoms with Crippen molar-refractivity contribution in [2.75, 3.05) is 11.4 Å². The summed E-state index contributed by atoms with van der Waals surface area (Å²) in [4.78, 5) is 31.7. The first-order chi connectivity index (χ1) is 12.6. The molecular formula is C19H16N4O3. The summed E-state index contributed by atoms with van der Waals surface area (Å²) in [7, 11) is 0. The number of para-hydroxylation sites is 1. The van der Waals surface area contributed by atoms with E-state index in [1.54, 1.807) is 12.1 Å². The molecule has 1 fully saturated rings. The number of nitrogens with zero attached hydrogens (tertiary/aromatic N) is 4. The number of urea groups is 1. The van der Waals surface area contributed by atoms with Crippen LogP contribution in [0.15, 0.2) is 59.1 Å². The molecule has 0 N–H and O–H groups in total. The second-order valence-corrected chi connectivity index (χ2v) is 6.07. The van der Waals surface area contributed by atoms with E-state index < -0.39 is 0 Å². The molecule has 1 aliphatic heterocycles. The van der Waals surface area contributed by atoms with Gasteiger partial charge in [-0.3, -0.25) is 14.6 Å². The van der Waals surface area contributed by atoms with E-state index in [2.05, 4.69) is 10.1 Å². The molecule has 0 unspecified atom stereocenters. The third-order valence-corrected chi connectivity index (χ3v) is 4.16. The lowest BCUT2D eigenvalue weighted by atomic mass is 10.1. The van der Waals surface area contributed by atoms with Gasteiger partial charge in [-0.25, -0.2) is 4.79 Å². The number of imide groups is 1. The number of carbonyl (C=O) groups excluding carboxylic acids is 2. The van der Waals surface area contributed by atoms with Crippen LogP contribution < -0.4 is 4.90 Å². The third-order valence-electron chi connectivity index (χ3n) is 4.16. The van der Waals surface area contributed by atoms with Crippen molar-refractivity contribution in [2.45, 2.75) is 13.5 Å². The maximum absolute atomic E-state index is 12.6. The minimum atomic E-state index is -0.386. The van der Waals surface area contributed by atoms with Crippen LogP contribution >= 0.6 is 0 Å². The van der Waals surface area contributed by atoms with Gasteiger partial charge in [-0.2, -0.15) is 4.98 Å². The molecule has 3 aromatic rings. The lowest BCUT2D eigenvalue weighted by Gasteiger charge is -2.15. The Labute approximate surface area is 149 Å². The van der Waals surface area contributed by atoms with Gasteiger partial charge in [0.05, 0.1) is 6.54 Å². The summed E-state index contributed by atoms with van der Waals surface area (Å²) < 4.78 is 5.27. The standard InChI is InChI=1S/C19H16N4O3/c1-13-6-5-7-14(10-13)18-20-16(21-26-18)11-23-17(24)12-22(19(23)25)15-8-3-2-4-9-15/h2-10H,11-12H2,1H3. The van der Waals surface area contributed by atoms with Gasteiger partial charge in [0.2, 0.25) is 0 Å². The number of hydrogen-bond donors (Lipinski definition) is 0. The number of aryl methyl sites for hydroxylation is 1. The second kappa shape index (κ2) is 6.44. The Morgan fingerprint density at radius 2 is 1.88 bits per heavy atom. The van der Waals surface area contributed by atoms with Crippen molar-refractivity contribution in [3.63, 3.8) is 0 Å². The average molecular weight is 348 g/mol. The van der Waals surface area contributed by atoms with Gasteiger partial charge in [0.15, 0.2) is 5.82 Å². The summed E-state index contributed by atoms with van der Waals surface area (Å²) in [6.45, 7) is 1.96. The highest BCUT2D eigenvalue weighted by molar-refractivity contribution is 6.12. The first-order valence-corrected chi connectivity index (χ1v) is 8.18. The Balaban J connectivity index is 1.53. The molecule has 26 heavy (non-hydrogen) atoms. The summed E-state index contributed by atoms with van der Waals surface area (Å²) in [5.41, 5.74) is 2.56. The van der Waals surface area contributed by atoms with E-state index >= 15 is 0 Å². The normalized spacial score (nSPS) is 14.3. The SMILES string of the molecule is Cc1cccc(-c2nc(CN3C(=O)CN(c4ccccc4)C3=O)no2)c1. The monoisotopic (exact) mass is 348 g/mol. The van der Waals surface area contributed by atoms with E-state index in [0.717, 1.165) is 16.0 Å². The largest absolute Gasteiger partial charge is 0.334 e. The molecule has 1 aliphatic rings. The maximum atomic E-state index is 12.6. The van der Waals surface area contributed by atoms with Crippen LogP contribution in [0.3, 0.4) is 0 Å². The van der Waals surface area contributed by atoms with Crippen molar-refractivity contribution in [2.24, 2.45) is 0 Å². The Morgan fingerprint density at radius 3 is 2.65 bits per heavy atom. The molecule has 0 radical (unpaired) electrons. The fourth-order valence-corrected chi connectivity index (χ4v) is 2.86. The number of amides is 3. The minimum absolute atomic E-state index is 0.00539. The molecule has 0 saturated carbocycles. The molecule has 7 nitrogen and oxygen atoms in total. The zero-order valence-electron chi connectivity index (χ0n) is 14.1. The molecule has 0 aliphatic carbocycles. The van der Waals surface area contributed by atoms with E-state index in [0.29, 0.717) is 11.6 Å². The van der Waals surface area contributed by atoms with E-state index in [1.165, 1.54) is 4.90 Å². The zero-order chi connectivity index (χ0) is 18.1. The molecule has 1 aromatic heterocycles. The fourth-order valence-electron chi connectivity index (χ4n) is 2.86. The van der Waals surface area contributed by atoms with Gasteiger partial charge in [-0.15, -0.1) is 0 Å². The van der Waals surface area contributed by atoms with Gasteiger partial charge in [-0.05, 0) is 31.2 Å². The van der Waals surface area contributed by atoms with Gasteiger partial charge in [-0.1, -0.05) is 41.1 Å². The van der Waals surface area contributed by atoms with Crippen molar-refractivity contribution in [3.05, 3.63) is 66.0 Å². The van der Waals surface area contributed by atoms with Crippen LogP contribution in [0.5, 0.6) is 0 Å². The summed E-state index contributed by atoms with van der Waals surface area (Å²) in [5.74, 6) is 0.363. The van der Waals surface area contributed by atoms with Crippen LogP contribution in [0.4, 0.5) is 10.5 Å². The minimum Gasteiger partial charge on any atom is -0.334 e. The molecule has 130 valence electrons. The Hall–Kier alpha value is -3.48. The summed E-state index contributed by atoms with van der Waals surface area (Å²) in [6.07, 6.45) is 0. The summed E-state index contributed by atoms with van der Waals surface area (Å²) in [5, 5.41) is 3.90. The van der Waals surface area contributed by atoms with Gasteiger partial charge >= 0.3 is 6.03 Å². The first-order valence-electron chi connectivity index (χ1n) is 8.18. The molecule has 2 heterocycles. The smallest absolute Gasteiger partial charge is 0.332 e. The van der Waals surface area contributed by atoms with E-state index in [4.69, 9.17) is 4.52 Å². The van der Waals surface area contributed by atoms with Crippen LogP contribution in [-0.4, -0.2) is 33.5 Å². The molecule has 1 saturated heterocycles. The zero-order valence-corrected chi connectivity index (χ0v) is 14.1. The van der Waals surface area contributed by atoms with Crippen molar-refractivity contribution in [1.29, 1.82) is 0 Å². The number of anilines is 1. The molecule has 2 aromatic carbocycles. The predicted octanol–water partition coefficient (Wildman–Crippen LogP) is 3.01. The predicted molar refractivity (Wildman–Crippen MR) is 94.2 cm³/mol. The average Bonchev–Trinajstić information content (AvgIpc) is 3.23. The highest BCUT2D eigenvalue weighted by atomic mass is 16.5. The lowest BCUT2D eigenvalue weighted by molar-refractivity contribution is -0.125. The molecule has 7 heteroatoms. The van der Waals surface area contributed by atoms with Crippen molar-refractivity contribution in [1.82, 2.24) is 15.0 Å². The van der Waals surface area contributed by atoms with Gasteiger partial charge < -0.3 is 4.52 Å². The highest BCUT2D eigenvalue weighted by Gasteiger charge is 2.37. The Morgan fingerprint density at radius 1 is 1.08 bits per heavy atom. The van der Waals surface area contributed by atoms with Crippen LogP contribution in [0.1, 0.15) is 11.4 Å². The number of carbonyl (C=O) groups is 2. The van der Waals surface area contributed by atoms with Crippen LogP contribution in [0.2, 0.25) is 0 Å². The van der Waals surface area contributed by atoms with Gasteiger partial charge in [0.1, 0.15) is 6.54 Å². The first kappa shape index (κ1) is 16.0.